The smallest absolute Gasteiger partial charge is 0.162 e. The van der Waals surface area contributed by atoms with E-state index in [1.807, 2.05) is 6.07 Å². The first-order chi connectivity index (χ1) is 11.1. The number of benzene rings is 1. The van der Waals surface area contributed by atoms with Gasteiger partial charge in [0.15, 0.2) is 5.15 Å². The summed E-state index contributed by atoms with van der Waals surface area (Å²) in [6.45, 7) is 5.90. The molecule has 1 aliphatic heterocycles. The quantitative estimate of drug-likeness (QED) is 0.829. The summed E-state index contributed by atoms with van der Waals surface area (Å²) in [5, 5.41) is 10.4. The fourth-order valence-electron chi connectivity index (χ4n) is 2.73. The Bertz CT molecular complexity index is 745. The van der Waals surface area contributed by atoms with Gasteiger partial charge in [-0.2, -0.15) is 9.64 Å². The molecule has 0 bridgehead atoms. The Morgan fingerprint density at radius 2 is 2.04 bits per heavy atom. The fraction of sp³-hybridized carbons (Fsp3) is 0.412. The van der Waals surface area contributed by atoms with Crippen LogP contribution < -0.4 is 9.64 Å². The lowest BCUT2D eigenvalue weighted by molar-refractivity contribution is 0.171. The average molecular weight is 348 g/mol. The third kappa shape index (κ3) is 3.44. The predicted octanol–water partition coefficient (Wildman–Crippen LogP) is 4.33. The number of nitriles is 1. The molecule has 0 N–H and O–H groups in total. The molecule has 120 valence electrons. The number of anilines is 1. The minimum Gasteiger partial charge on any atom is -0.490 e. The summed E-state index contributed by atoms with van der Waals surface area (Å²) in [6.07, 6.45) is 2.06. The highest BCUT2D eigenvalue weighted by molar-refractivity contribution is 7.10. The van der Waals surface area contributed by atoms with Gasteiger partial charge >= 0.3 is 0 Å². The van der Waals surface area contributed by atoms with E-state index in [2.05, 4.69) is 41.3 Å². The number of nitrogens with zero attached hydrogens (tertiary/aromatic N) is 3. The molecule has 23 heavy (non-hydrogen) atoms. The van der Waals surface area contributed by atoms with E-state index in [4.69, 9.17) is 16.3 Å². The lowest BCUT2D eigenvalue weighted by Crippen LogP contribution is -2.38. The van der Waals surface area contributed by atoms with Crippen LogP contribution in [0, 0.1) is 25.2 Å². The Hall–Kier alpha value is -1.77. The van der Waals surface area contributed by atoms with Gasteiger partial charge in [-0.05, 0) is 48.6 Å². The number of hydrogen-bond donors (Lipinski definition) is 0. The molecule has 6 heteroatoms. The summed E-state index contributed by atoms with van der Waals surface area (Å²) in [6, 6.07) is 8.37. The first-order valence-corrected chi connectivity index (χ1v) is 8.77. The van der Waals surface area contributed by atoms with Crippen molar-refractivity contribution >= 4 is 28.1 Å². The first kappa shape index (κ1) is 16.1. The topological polar surface area (TPSA) is 49.1 Å². The summed E-state index contributed by atoms with van der Waals surface area (Å²) < 4.78 is 10.2. The van der Waals surface area contributed by atoms with Crippen LogP contribution in [0.2, 0.25) is 5.15 Å². The van der Waals surface area contributed by atoms with E-state index in [0.29, 0.717) is 10.7 Å². The van der Waals surface area contributed by atoms with Crippen molar-refractivity contribution in [2.75, 3.05) is 18.0 Å². The van der Waals surface area contributed by atoms with Crippen LogP contribution in [-0.4, -0.2) is 23.6 Å². The minimum atomic E-state index is 0.210. The standard InChI is InChI=1S/C17H18ClN3OS/c1-11-3-4-14(9-12(11)2)22-13-5-7-21(8-6-13)17-15(10-19)16(18)20-23-17/h3-4,9,13H,5-8H2,1-2H3. The largest absolute Gasteiger partial charge is 0.490 e. The molecule has 0 saturated carbocycles. The lowest BCUT2D eigenvalue weighted by Gasteiger charge is -2.32. The van der Waals surface area contributed by atoms with E-state index < -0.39 is 0 Å². The molecular weight excluding hydrogens is 330 g/mol. The summed E-state index contributed by atoms with van der Waals surface area (Å²) in [7, 11) is 0. The van der Waals surface area contributed by atoms with Crippen molar-refractivity contribution in [3.63, 3.8) is 0 Å². The van der Waals surface area contributed by atoms with Crippen molar-refractivity contribution in [3.05, 3.63) is 40.0 Å². The Balaban J connectivity index is 1.62. The van der Waals surface area contributed by atoms with Crippen LogP contribution in [0.1, 0.15) is 29.5 Å². The molecule has 0 unspecified atom stereocenters. The number of halogens is 1. The third-order valence-electron chi connectivity index (χ3n) is 4.25. The van der Waals surface area contributed by atoms with E-state index in [0.717, 1.165) is 36.7 Å². The van der Waals surface area contributed by atoms with E-state index in [1.54, 1.807) is 0 Å². The molecule has 1 fully saturated rings. The van der Waals surface area contributed by atoms with E-state index in [9.17, 15) is 5.26 Å². The van der Waals surface area contributed by atoms with Crippen LogP contribution in [0.3, 0.4) is 0 Å². The maximum atomic E-state index is 9.19. The van der Waals surface area contributed by atoms with Crippen LogP contribution in [0.5, 0.6) is 5.75 Å². The van der Waals surface area contributed by atoms with Gasteiger partial charge in [0.1, 0.15) is 28.5 Å². The molecule has 2 aromatic rings. The maximum Gasteiger partial charge on any atom is 0.162 e. The van der Waals surface area contributed by atoms with Crippen molar-refractivity contribution < 1.29 is 4.74 Å². The molecule has 0 aliphatic carbocycles. The Kier molecular flexibility index (Phi) is 4.74. The van der Waals surface area contributed by atoms with Gasteiger partial charge in [0.25, 0.3) is 0 Å². The van der Waals surface area contributed by atoms with Gasteiger partial charge in [0.2, 0.25) is 0 Å². The molecule has 1 aromatic carbocycles. The van der Waals surface area contributed by atoms with Crippen molar-refractivity contribution in [1.82, 2.24) is 4.37 Å². The monoisotopic (exact) mass is 347 g/mol. The molecule has 1 aliphatic rings. The van der Waals surface area contributed by atoms with Crippen LogP contribution in [0.4, 0.5) is 5.00 Å². The number of hydrogen-bond acceptors (Lipinski definition) is 5. The molecule has 2 heterocycles. The van der Waals surface area contributed by atoms with E-state index >= 15 is 0 Å². The molecule has 0 atom stereocenters. The van der Waals surface area contributed by atoms with Gasteiger partial charge in [0.05, 0.1) is 0 Å². The highest BCUT2D eigenvalue weighted by atomic mass is 35.5. The normalized spacial score (nSPS) is 15.5. The minimum absolute atomic E-state index is 0.210. The summed E-state index contributed by atoms with van der Waals surface area (Å²) >= 11 is 7.25. The van der Waals surface area contributed by atoms with Crippen LogP contribution in [0.15, 0.2) is 18.2 Å². The number of ether oxygens (including phenoxy) is 1. The van der Waals surface area contributed by atoms with Gasteiger partial charge in [-0.15, -0.1) is 0 Å². The molecule has 1 saturated heterocycles. The van der Waals surface area contributed by atoms with E-state index in [1.165, 1.54) is 22.7 Å². The molecule has 4 nitrogen and oxygen atoms in total. The highest BCUT2D eigenvalue weighted by Gasteiger charge is 2.25. The lowest BCUT2D eigenvalue weighted by atomic mass is 10.1. The van der Waals surface area contributed by atoms with Gasteiger partial charge in [-0.1, -0.05) is 17.7 Å². The van der Waals surface area contributed by atoms with Crippen molar-refractivity contribution in [3.8, 4) is 11.8 Å². The number of rotatable bonds is 3. The zero-order valence-corrected chi connectivity index (χ0v) is 14.7. The molecule has 0 amide bonds. The summed E-state index contributed by atoms with van der Waals surface area (Å²) in [4.78, 5) is 2.18. The number of piperidine rings is 1. The fourth-order valence-corrected chi connectivity index (χ4v) is 3.81. The summed E-state index contributed by atoms with van der Waals surface area (Å²) in [5.41, 5.74) is 3.02. The molecule has 0 radical (unpaired) electrons. The SMILES string of the molecule is Cc1ccc(OC2CCN(c3snc(Cl)c3C#N)CC2)cc1C. The Morgan fingerprint density at radius 1 is 1.30 bits per heavy atom. The van der Waals surface area contributed by atoms with Crippen molar-refractivity contribution in [2.45, 2.75) is 32.8 Å². The Labute approximate surface area is 145 Å². The molecule has 1 aromatic heterocycles. The van der Waals surface area contributed by atoms with Gasteiger partial charge in [-0.3, -0.25) is 0 Å². The van der Waals surface area contributed by atoms with Gasteiger partial charge in [0, 0.05) is 25.9 Å². The molecule has 0 spiro atoms. The first-order valence-electron chi connectivity index (χ1n) is 7.62. The third-order valence-corrected chi connectivity index (χ3v) is 5.54. The van der Waals surface area contributed by atoms with Gasteiger partial charge in [-0.25, -0.2) is 0 Å². The van der Waals surface area contributed by atoms with Gasteiger partial charge < -0.3 is 9.64 Å². The Morgan fingerprint density at radius 3 is 2.70 bits per heavy atom. The molecular formula is C17H18ClN3OS. The zero-order chi connectivity index (χ0) is 16.4. The number of aromatic nitrogens is 1. The second-order valence-electron chi connectivity index (χ2n) is 5.82. The second kappa shape index (κ2) is 6.77. The highest BCUT2D eigenvalue weighted by Crippen LogP contribution is 2.33. The van der Waals surface area contributed by atoms with E-state index in [-0.39, 0.29) is 6.10 Å². The predicted molar refractivity (Wildman–Crippen MR) is 93.6 cm³/mol. The van der Waals surface area contributed by atoms with Crippen molar-refractivity contribution in [1.29, 1.82) is 5.26 Å². The summed E-state index contributed by atoms with van der Waals surface area (Å²) in [5.74, 6) is 0.935. The van der Waals surface area contributed by atoms with Crippen LogP contribution >= 0.6 is 23.1 Å². The zero-order valence-electron chi connectivity index (χ0n) is 13.2. The van der Waals surface area contributed by atoms with Crippen molar-refractivity contribution in [2.24, 2.45) is 0 Å². The molecule has 3 rings (SSSR count). The maximum absolute atomic E-state index is 9.19. The number of aryl methyl sites for hydroxylation is 2. The average Bonchev–Trinajstić information content (AvgIpc) is 2.92. The van der Waals surface area contributed by atoms with Crippen LogP contribution in [-0.2, 0) is 0 Å². The van der Waals surface area contributed by atoms with Crippen LogP contribution in [0.25, 0.3) is 0 Å². The second-order valence-corrected chi connectivity index (χ2v) is 6.93.